The Morgan fingerprint density at radius 3 is 2.44 bits per heavy atom. The lowest BCUT2D eigenvalue weighted by Gasteiger charge is -2.16. The lowest BCUT2D eigenvalue weighted by atomic mass is 10.1. The molecule has 3 nitrogen and oxygen atoms in total. The Morgan fingerprint density at radius 2 is 1.94 bits per heavy atom. The van der Waals surface area contributed by atoms with Crippen molar-refractivity contribution >= 4 is 5.91 Å². The molecule has 0 radical (unpaired) electrons. The second-order valence-electron chi connectivity index (χ2n) is 3.69. The Labute approximate surface area is 92.6 Å². The number of hydrogen-bond acceptors (Lipinski definition) is 2. The fourth-order valence-corrected chi connectivity index (χ4v) is 1.21. The number of nitrogens with one attached hydrogen (secondary N) is 1. The topological polar surface area (TPSA) is 55.1 Å². The SMILES string of the molecule is CC(N)C(=O)NC(C)c1ccc(F)c(F)c1. The monoisotopic (exact) mass is 228 g/mol. The molecule has 16 heavy (non-hydrogen) atoms. The lowest BCUT2D eigenvalue weighted by Crippen LogP contribution is -2.39. The van der Waals surface area contributed by atoms with Crippen LogP contribution < -0.4 is 11.1 Å². The second kappa shape index (κ2) is 5.03. The first-order chi connectivity index (χ1) is 7.41. The predicted octanol–water partition coefficient (Wildman–Crippen LogP) is 1.49. The van der Waals surface area contributed by atoms with E-state index in [1.54, 1.807) is 13.8 Å². The molecule has 5 heteroatoms. The molecule has 3 N–H and O–H groups in total. The van der Waals surface area contributed by atoms with Gasteiger partial charge in [-0.3, -0.25) is 4.79 Å². The highest BCUT2D eigenvalue weighted by Gasteiger charge is 2.14. The van der Waals surface area contributed by atoms with Crippen LogP contribution in [0.2, 0.25) is 0 Å². The van der Waals surface area contributed by atoms with E-state index in [4.69, 9.17) is 5.73 Å². The summed E-state index contributed by atoms with van der Waals surface area (Å²) in [5, 5.41) is 2.59. The minimum atomic E-state index is -0.931. The highest BCUT2D eigenvalue weighted by atomic mass is 19.2. The van der Waals surface area contributed by atoms with Crippen molar-refractivity contribution in [3.63, 3.8) is 0 Å². The van der Waals surface area contributed by atoms with Crippen molar-refractivity contribution < 1.29 is 13.6 Å². The lowest BCUT2D eigenvalue weighted by molar-refractivity contribution is -0.122. The first-order valence-electron chi connectivity index (χ1n) is 4.92. The summed E-state index contributed by atoms with van der Waals surface area (Å²) in [4.78, 5) is 11.3. The quantitative estimate of drug-likeness (QED) is 0.823. The van der Waals surface area contributed by atoms with Crippen LogP contribution >= 0.6 is 0 Å². The van der Waals surface area contributed by atoms with Crippen LogP contribution in [-0.2, 0) is 4.79 Å². The Hall–Kier alpha value is -1.49. The molecule has 0 aliphatic heterocycles. The van der Waals surface area contributed by atoms with Gasteiger partial charge in [-0.2, -0.15) is 0 Å². The summed E-state index contributed by atoms with van der Waals surface area (Å²) in [5.74, 6) is -2.17. The van der Waals surface area contributed by atoms with Crippen molar-refractivity contribution in [3.8, 4) is 0 Å². The van der Waals surface area contributed by atoms with Crippen molar-refractivity contribution in [2.75, 3.05) is 0 Å². The Balaban J connectivity index is 2.77. The van der Waals surface area contributed by atoms with E-state index >= 15 is 0 Å². The Morgan fingerprint density at radius 1 is 1.31 bits per heavy atom. The molecule has 2 unspecified atom stereocenters. The molecule has 0 bridgehead atoms. The molecule has 0 aromatic heterocycles. The van der Waals surface area contributed by atoms with Gasteiger partial charge in [-0.05, 0) is 31.5 Å². The largest absolute Gasteiger partial charge is 0.348 e. The van der Waals surface area contributed by atoms with E-state index < -0.39 is 23.7 Å². The maximum atomic E-state index is 12.9. The molecule has 0 heterocycles. The molecule has 0 saturated carbocycles. The molecule has 0 fully saturated rings. The molecule has 0 aliphatic carbocycles. The average Bonchev–Trinajstić information content (AvgIpc) is 2.21. The van der Waals surface area contributed by atoms with E-state index in [0.717, 1.165) is 12.1 Å². The van der Waals surface area contributed by atoms with E-state index in [2.05, 4.69) is 5.32 Å². The number of carbonyl (C=O) groups is 1. The standard InChI is InChI=1S/C11H14F2N2O/c1-6(14)11(16)15-7(2)8-3-4-9(12)10(13)5-8/h3-7H,14H2,1-2H3,(H,15,16). The van der Waals surface area contributed by atoms with Gasteiger partial charge in [0.05, 0.1) is 12.1 Å². The van der Waals surface area contributed by atoms with Crippen LogP contribution in [0.5, 0.6) is 0 Å². The van der Waals surface area contributed by atoms with Gasteiger partial charge in [-0.25, -0.2) is 8.78 Å². The molecule has 0 spiro atoms. The summed E-state index contributed by atoms with van der Waals surface area (Å²) >= 11 is 0. The van der Waals surface area contributed by atoms with Crippen molar-refractivity contribution in [2.45, 2.75) is 25.9 Å². The fourth-order valence-electron chi connectivity index (χ4n) is 1.21. The number of hydrogen-bond donors (Lipinski definition) is 2. The van der Waals surface area contributed by atoms with E-state index in [1.807, 2.05) is 0 Å². The van der Waals surface area contributed by atoms with Crippen molar-refractivity contribution in [3.05, 3.63) is 35.4 Å². The molecule has 0 aliphatic rings. The molecule has 1 rings (SSSR count). The van der Waals surface area contributed by atoms with Crippen LogP contribution in [0.25, 0.3) is 0 Å². The van der Waals surface area contributed by atoms with E-state index in [1.165, 1.54) is 6.07 Å². The second-order valence-corrected chi connectivity index (χ2v) is 3.69. The van der Waals surface area contributed by atoms with Crippen molar-refractivity contribution in [2.24, 2.45) is 5.73 Å². The van der Waals surface area contributed by atoms with Crippen LogP contribution in [0.15, 0.2) is 18.2 Å². The molecular formula is C11H14F2N2O. The minimum Gasteiger partial charge on any atom is -0.348 e. The van der Waals surface area contributed by atoms with E-state index in [9.17, 15) is 13.6 Å². The smallest absolute Gasteiger partial charge is 0.237 e. The third kappa shape index (κ3) is 3.00. The van der Waals surface area contributed by atoms with Gasteiger partial charge in [-0.1, -0.05) is 6.07 Å². The molecule has 1 aromatic rings. The van der Waals surface area contributed by atoms with Gasteiger partial charge < -0.3 is 11.1 Å². The molecule has 88 valence electrons. The highest BCUT2D eigenvalue weighted by Crippen LogP contribution is 2.15. The highest BCUT2D eigenvalue weighted by molar-refractivity contribution is 5.81. The van der Waals surface area contributed by atoms with Crippen LogP contribution in [-0.4, -0.2) is 11.9 Å². The summed E-state index contributed by atoms with van der Waals surface area (Å²) in [6.07, 6.45) is 0. The summed E-state index contributed by atoms with van der Waals surface area (Å²) in [6.45, 7) is 3.22. The zero-order chi connectivity index (χ0) is 12.3. The first-order valence-corrected chi connectivity index (χ1v) is 4.92. The summed E-state index contributed by atoms with van der Waals surface area (Å²) in [6, 6.07) is 2.46. The zero-order valence-corrected chi connectivity index (χ0v) is 9.13. The molecule has 0 saturated heterocycles. The van der Waals surface area contributed by atoms with Gasteiger partial charge >= 0.3 is 0 Å². The van der Waals surface area contributed by atoms with Gasteiger partial charge in [0.1, 0.15) is 0 Å². The van der Waals surface area contributed by atoms with E-state index in [0.29, 0.717) is 5.56 Å². The summed E-state index contributed by atoms with van der Waals surface area (Å²) in [7, 11) is 0. The van der Waals surface area contributed by atoms with Crippen LogP contribution in [0, 0.1) is 11.6 Å². The maximum Gasteiger partial charge on any atom is 0.237 e. The Kier molecular flexibility index (Phi) is 3.95. The van der Waals surface area contributed by atoms with Gasteiger partial charge in [0, 0.05) is 0 Å². The first kappa shape index (κ1) is 12.6. The van der Waals surface area contributed by atoms with Crippen molar-refractivity contribution in [1.82, 2.24) is 5.32 Å². The van der Waals surface area contributed by atoms with Crippen LogP contribution in [0.1, 0.15) is 25.5 Å². The minimum absolute atomic E-state index is 0.336. The molecule has 1 amide bonds. The fraction of sp³-hybridized carbons (Fsp3) is 0.364. The summed E-state index contributed by atoms with van der Waals surface area (Å²) in [5.41, 5.74) is 5.86. The number of rotatable bonds is 3. The normalized spacial score (nSPS) is 14.3. The van der Waals surface area contributed by atoms with Gasteiger partial charge in [-0.15, -0.1) is 0 Å². The Bertz CT molecular complexity index is 394. The average molecular weight is 228 g/mol. The molecule has 2 atom stereocenters. The third-order valence-electron chi connectivity index (χ3n) is 2.22. The van der Waals surface area contributed by atoms with Gasteiger partial charge in [0.2, 0.25) is 5.91 Å². The van der Waals surface area contributed by atoms with Gasteiger partial charge in [0.25, 0.3) is 0 Å². The van der Waals surface area contributed by atoms with Crippen LogP contribution in [0.3, 0.4) is 0 Å². The number of amides is 1. The van der Waals surface area contributed by atoms with Crippen LogP contribution in [0.4, 0.5) is 8.78 Å². The molecular weight excluding hydrogens is 214 g/mol. The number of benzene rings is 1. The third-order valence-corrected chi connectivity index (χ3v) is 2.22. The maximum absolute atomic E-state index is 12.9. The van der Waals surface area contributed by atoms with Gasteiger partial charge in [0.15, 0.2) is 11.6 Å². The number of nitrogens with two attached hydrogens (primary N) is 1. The number of halogens is 2. The summed E-state index contributed by atoms with van der Waals surface area (Å²) < 4.78 is 25.6. The van der Waals surface area contributed by atoms with Crippen molar-refractivity contribution in [1.29, 1.82) is 0 Å². The van der Waals surface area contributed by atoms with E-state index in [-0.39, 0.29) is 5.91 Å². The molecule has 1 aromatic carbocycles. The predicted molar refractivity (Wildman–Crippen MR) is 56.6 cm³/mol. The number of carbonyl (C=O) groups excluding carboxylic acids is 1. The zero-order valence-electron chi connectivity index (χ0n) is 9.13.